The third kappa shape index (κ3) is 2.51. The molecule has 1 aromatic heterocycles. The van der Waals surface area contributed by atoms with Crippen molar-refractivity contribution in [3.63, 3.8) is 0 Å². The van der Waals surface area contributed by atoms with Crippen LogP contribution in [0, 0.1) is 5.82 Å². The molecule has 4 nitrogen and oxygen atoms in total. The average molecular weight is 261 g/mol. The van der Waals surface area contributed by atoms with Crippen LogP contribution in [0.2, 0.25) is 0 Å². The van der Waals surface area contributed by atoms with Crippen LogP contribution in [-0.4, -0.2) is 13.4 Å². The monoisotopic (exact) mass is 260 g/mol. The molecule has 0 aliphatic heterocycles. The van der Waals surface area contributed by atoms with Crippen molar-refractivity contribution in [2.75, 3.05) is 5.73 Å². The Morgan fingerprint density at radius 3 is 2.40 bits per heavy atom. The fourth-order valence-corrected chi connectivity index (χ4v) is 1.67. The number of hydrogen-bond donors (Lipinski definition) is 1. The number of alkyl halides is 2. The van der Waals surface area contributed by atoms with Crippen molar-refractivity contribution in [2.24, 2.45) is 0 Å². The zero-order valence-corrected chi connectivity index (χ0v) is 8.49. The highest BCUT2D eigenvalue weighted by atomic mass is 35.7. The van der Waals surface area contributed by atoms with Crippen LogP contribution in [0.15, 0.2) is 11.1 Å². The highest BCUT2D eigenvalue weighted by Gasteiger charge is 2.24. The minimum atomic E-state index is -4.54. The van der Waals surface area contributed by atoms with Crippen molar-refractivity contribution < 1.29 is 21.6 Å². The Labute approximate surface area is 87.3 Å². The van der Waals surface area contributed by atoms with Gasteiger partial charge in [0.1, 0.15) is 5.69 Å². The molecule has 0 radical (unpaired) electrons. The Balaban J connectivity index is 3.52. The summed E-state index contributed by atoms with van der Waals surface area (Å²) in [6.07, 6.45) is -3.06. The Morgan fingerprint density at radius 1 is 1.47 bits per heavy atom. The number of nitrogen functional groups attached to an aromatic ring is 1. The number of hydrogen-bond acceptors (Lipinski definition) is 4. The predicted octanol–water partition coefficient (Wildman–Crippen LogP) is 1.67. The van der Waals surface area contributed by atoms with E-state index >= 15 is 0 Å². The van der Waals surface area contributed by atoms with Crippen molar-refractivity contribution in [1.82, 2.24) is 4.98 Å². The smallest absolute Gasteiger partial charge is 0.281 e. The van der Waals surface area contributed by atoms with E-state index in [-0.39, 0.29) is 0 Å². The number of nitrogens with zero attached hydrogens (tertiary/aromatic N) is 1. The Bertz CT molecular complexity index is 491. The van der Waals surface area contributed by atoms with E-state index in [2.05, 4.69) is 4.98 Å². The van der Waals surface area contributed by atoms with E-state index in [4.69, 9.17) is 16.4 Å². The lowest BCUT2D eigenvalue weighted by Crippen LogP contribution is -2.06. The van der Waals surface area contributed by atoms with Gasteiger partial charge < -0.3 is 5.73 Å². The molecule has 0 aliphatic carbocycles. The van der Waals surface area contributed by atoms with Crippen molar-refractivity contribution >= 4 is 25.4 Å². The van der Waals surface area contributed by atoms with Crippen LogP contribution >= 0.6 is 10.7 Å². The molecule has 15 heavy (non-hydrogen) atoms. The highest BCUT2D eigenvalue weighted by Crippen LogP contribution is 2.26. The van der Waals surface area contributed by atoms with Crippen molar-refractivity contribution in [2.45, 2.75) is 11.5 Å². The average Bonchev–Trinajstić information content (AvgIpc) is 2.06. The van der Waals surface area contributed by atoms with Gasteiger partial charge in [-0.15, -0.1) is 0 Å². The molecule has 1 heterocycles. The summed E-state index contributed by atoms with van der Waals surface area (Å²) < 4.78 is 58.9. The maximum Gasteiger partial charge on any atom is 0.281 e. The standard InChI is InChI=1S/C6H4ClF3N2O2S/c7-15(13,14)6-4(8)2(11)1-3(12-6)5(9)10/h1,5H,(H2,11,12). The zero-order chi connectivity index (χ0) is 11.8. The summed E-state index contributed by atoms with van der Waals surface area (Å²) in [4.78, 5) is 2.88. The molecule has 0 spiro atoms. The SMILES string of the molecule is Nc1cc(C(F)F)nc(S(=O)(=O)Cl)c1F. The van der Waals surface area contributed by atoms with Crippen LogP contribution in [0.5, 0.6) is 0 Å². The van der Waals surface area contributed by atoms with Crippen LogP contribution in [0.3, 0.4) is 0 Å². The van der Waals surface area contributed by atoms with Crippen LogP contribution in [0.25, 0.3) is 0 Å². The summed E-state index contributed by atoms with van der Waals surface area (Å²) in [5.74, 6) is -1.44. The summed E-state index contributed by atoms with van der Waals surface area (Å²) in [7, 11) is 0.242. The van der Waals surface area contributed by atoms with Gasteiger partial charge in [0, 0.05) is 10.7 Å². The van der Waals surface area contributed by atoms with E-state index in [1.165, 1.54) is 0 Å². The number of anilines is 1. The van der Waals surface area contributed by atoms with Gasteiger partial charge in [0.2, 0.25) is 5.03 Å². The zero-order valence-electron chi connectivity index (χ0n) is 6.92. The molecule has 0 bridgehead atoms. The summed E-state index contributed by atoms with van der Waals surface area (Å²) in [6, 6.07) is 0.547. The van der Waals surface area contributed by atoms with E-state index in [1.807, 2.05) is 0 Å². The Kier molecular flexibility index (Phi) is 3.10. The lowest BCUT2D eigenvalue weighted by molar-refractivity contribution is 0.145. The van der Waals surface area contributed by atoms with Gasteiger partial charge in [-0.05, 0) is 6.07 Å². The summed E-state index contributed by atoms with van der Waals surface area (Å²) in [5, 5.41) is -1.29. The Hall–Kier alpha value is -1.02. The van der Waals surface area contributed by atoms with Crippen molar-refractivity contribution in [3.8, 4) is 0 Å². The maximum atomic E-state index is 13.0. The lowest BCUT2D eigenvalue weighted by Gasteiger charge is -2.05. The highest BCUT2D eigenvalue weighted by molar-refractivity contribution is 8.13. The molecule has 0 atom stereocenters. The largest absolute Gasteiger partial charge is 0.396 e. The van der Waals surface area contributed by atoms with Crippen LogP contribution in [-0.2, 0) is 9.05 Å². The molecular weight excluding hydrogens is 257 g/mol. The number of halogens is 4. The van der Waals surface area contributed by atoms with Gasteiger partial charge in [0.15, 0.2) is 5.82 Å². The van der Waals surface area contributed by atoms with Gasteiger partial charge in [0.05, 0.1) is 5.69 Å². The minimum Gasteiger partial charge on any atom is -0.396 e. The van der Waals surface area contributed by atoms with Gasteiger partial charge in [-0.25, -0.2) is 26.6 Å². The van der Waals surface area contributed by atoms with Gasteiger partial charge in [-0.2, -0.15) is 0 Å². The number of pyridine rings is 1. The summed E-state index contributed by atoms with van der Waals surface area (Å²) in [5.41, 5.74) is 3.28. The molecule has 0 unspecified atom stereocenters. The molecule has 0 saturated heterocycles. The maximum absolute atomic E-state index is 13.0. The summed E-state index contributed by atoms with van der Waals surface area (Å²) in [6.45, 7) is 0. The fourth-order valence-electron chi connectivity index (χ4n) is 0.818. The molecule has 0 saturated carbocycles. The van der Waals surface area contributed by atoms with E-state index in [1.54, 1.807) is 0 Å². The molecule has 0 amide bonds. The van der Waals surface area contributed by atoms with Gasteiger partial charge in [-0.3, -0.25) is 0 Å². The third-order valence-electron chi connectivity index (χ3n) is 1.43. The molecular formula is C6H4ClF3N2O2S. The van der Waals surface area contributed by atoms with Gasteiger partial charge in [-0.1, -0.05) is 0 Å². The normalized spacial score (nSPS) is 12.1. The summed E-state index contributed by atoms with van der Waals surface area (Å²) >= 11 is 0. The lowest BCUT2D eigenvalue weighted by atomic mass is 10.3. The Morgan fingerprint density at radius 2 is 2.00 bits per heavy atom. The molecule has 84 valence electrons. The van der Waals surface area contributed by atoms with E-state index in [9.17, 15) is 21.6 Å². The quantitative estimate of drug-likeness (QED) is 0.821. The third-order valence-corrected chi connectivity index (χ3v) is 2.60. The first-order valence-electron chi connectivity index (χ1n) is 3.42. The van der Waals surface area contributed by atoms with Crippen LogP contribution < -0.4 is 5.73 Å². The van der Waals surface area contributed by atoms with Crippen molar-refractivity contribution in [1.29, 1.82) is 0 Å². The fraction of sp³-hybridized carbons (Fsp3) is 0.167. The van der Waals surface area contributed by atoms with Gasteiger partial charge >= 0.3 is 0 Å². The second kappa shape index (κ2) is 3.86. The molecule has 1 rings (SSSR count). The number of nitrogens with two attached hydrogens (primary N) is 1. The number of rotatable bonds is 2. The van der Waals surface area contributed by atoms with E-state index < -0.39 is 37.7 Å². The van der Waals surface area contributed by atoms with Gasteiger partial charge in [0.25, 0.3) is 15.5 Å². The second-order valence-electron chi connectivity index (χ2n) is 2.49. The van der Waals surface area contributed by atoms with Crippen LogP contribution in [0.4, 0.5) is 18.9 Å². The van der Waals surface area contributed by atoms with E-state index in [0.717, 1.165) is 0 Å². The van der Waals surface area contributed by atoms with E-state index in [0.29, 0.717) is 6.07 Å². The van der Waals surface area contributed by atoms with Crippen molar-refractivity contribution in [3.05, 3.63) is 17.6 Å². The molecule has 0 fully saturated rings. The molecule has 0 aromatic carbocycles. The number of aromatic nitrogens is 1. The topological polar surface area (TPSA) is 73.0 Å². The molecule has 1 aromatic rings. The molecule has 2 N–H and O–H groups in total. The first-order valence-corrected chi connectivity index (χ1v) is 5.73. The minimum absolute atomic E-state index is 0.547. The first-order chi connectivity index (χ1) is 6.73. The first kappa shape index (κ1) is 12.1. The predicted molar refractivity (Wildman–Crippen MR) is 46.6 cm³/mol. The molecule has 0 aliphatic rings. The second-order valence-corrected chi connectivity index (χ2v) is 4.98. The molecule has 9 heteroatoms. The van der Waals surface area contributed by atoms with Crippen LogP contribution in [0.1, 0.15) is 12.1 Å².